The van der Waals surface area contributed by atoms with Crippen LogP contribution in [0.15, 0.2) is 91.0 Å². The van der Waals surface area contributed by atoms with Crippen LogP contribution in [0, 0.1) is 0 Å². The smallest absolute Gasteiger partial charge is 0.323 e. The van der Waals surface area contributed by atoms with E-state index < -0.39 is 24.2 Å². The molecule has 0 aliphatic rings. The zero-order chi connectivity index (χ0) is 18.4. The van der Waals surface area contributed by atoms with Crippen LogP contribution in [0.5, 0.6) is 0 Å². The van der Waals surface area contributed by atoms with Gasteiger partial charge in [0.05, 0.1) is 12.1 Å². The molecule has 0 fully saturated rings. The van der Waals surface area contributed by atoms with E-state index in [0.717, 1.165) is 16.7 Å². The Morgan fingerprint density at radius 1 is 0.769 bits per heavy atom. The van der Waals surface area contributed by atoms with Crippen molar-refractivity contribution in [3.8, 4) is 0 Å². The van der Waals surface area contributed by atoms with Crippen LogP contribution in [0.3, 0.4) is 0 Å². The molecule has 4 nitrogen and oxygen atoms in total. The van der Waals surface area contributed by atoms with Crippen LogP contribution in [0.25, 0.3) is 0 Å². The van der Waals surface area contributed by atoms with E-state index in [-0.39, 0.29) is 0 Å². The molecule has 0 saturated heterocycles. The Labute approximate surface area is 152 Å². The van der Waals surface area contributed by atoms with Crippen molar-refractivity contribution in [2.24, 2.45) is 0 Å². The number of carbonyl (C=O) groups is 1. The number of nitrogens with one attached hydrogen (secondary N) is 1. The van der Waals surface area contributed by atoms with Crippen molar-refractivity contribution in [3.05, 3.63) is 108 Å². The number of aliphatic hydroxyl groups is 1. The van der Waals surface area contributed by atoms with Crippen LogP contribution in [-0.4, -0.2) is 28.8 Å². The van der Waals surface area contributed by atoms with E-state index in [1.54, 1.807) is 0 Å². The summed E-state index contributed by atoms with van der Waals surface area (Å²) in [7, 11) is 0. The van der Waals surface area contributed by atoms with Crippen molar-refractivity contribution in [2.45, 2.75) is 11.6 Å². The van der Waals surface area contributed by atoms with Gasteiger partial charge in [-0.15, -0.1) is 0 Å². The summed E-state index contributed by atoms with van der Waals surface area (Å²) >= 11 is 0. The summed E-state index contributed by atoms with van der Waals surface area (Å²) in [5.74, 6) is -1.10. The van der Waals surface area contributed by atoms with Crippen molar-refractivity contribution in [1.82, 2.24) is 5.32 Å². The van der Waals surface area contributed by atoms with Gasteiger partial charge in [0.2, 0.25) is 0 Å². The number of benzene rings is 3. The Morgan fingerprint density at radius 2 is 1.12 bits per heavy atom. The number of hydrogen-bond acceptors (Lipinski definition) is 3. The molecule has 0 saturated carbocycles. The summed E-state index contributed by atoms with van der Waals surface area (Å²) in [6.07, 6.45) is 0. The molecule has 132 valence electrons. The number of hydrogen-bond donors (Lipinski definition) is 3. The molecule has 0 bridgehead atoms. The molecule has 1 atom stereocenters. The van der Waals surface area contributed by atoms with Gasteiger partial charge in [-0.3, -0.25) is 10.1 Å². The van der Waals surface area contributed by atoms with Crippen LogP contribution >= 0.6 is 0 Å². The zero-order valence-electron chi connectivity index (χ0n) is 14.2. The maximum atomic E-state index is 11.7. The molecule has 0 aliphatic heterocycles. The minimum Gasteiger partial charge on any atom is -0.480 e. The van der Waals surface area contributed by atoms with Crippen LogP contribution < -0.4 is 5.32 Å². The van der Waals surface area contributed by atoms with Crippen molar-refractivity contribution < 1.29 is 15.0 Å². The van der Waals surface area contributed by atoms with Gasteiger partial charge in [-0.1, -0.05) is 91.0 Å². The standard InChI is InChI=1S/C22H21NO3/c24-16-20(21(25)26)23-22(17-10-4-1-5-11-17,18-12-6-2-7-13-18)19-14-8-3-9-15-19/h1-15,20,23-24H,16H2,(H,25,26)/t20-/m0/s1. The van der Waals surface area contributed by atoms with E-state index in [4.69, 9.17) is 0 Å². The lowest BCUT2D eigenvalue weighted by Gasteiger charge is -2.38. The third kappa shape index (κ3) is 3.38. The third-order valence-corrected chi connectivity index (χ3v) is 4.49. The highest BCUT2D eigenvalue weighted by Gasteiger charge is 2.39. The summed E-state index contributed by atoms with van der Waals surface area (Å²) in [5.41, 5.74) is 1.79. The van der Waals surface area contributed by atoms with Gasteiger partial charge in [0.1, 0.15) is 6.04 Å². The Hall–Kier alpha value is -2.95. The highest BCUT2D eigenvalue weighted by molar-refractivity contribution is 5.74. The van der Waals surface area contributed by atoms with E-state index in [1.807, 2.05) is 91.0 Å². The van der Waals surface area contributed by atoms with Crippen molar-refractivity contribution in [3.63, 3.8) is 0 Å². The first-order valence-electron chi connectivity index (χ1n) is 8.46. The average Bonchev–Trinajstić information content (AvgIpc) is 2.71. The summed E-state index contributed by atoms with van der Waals surface area (Å²) in [4.78, 5) is 11.7. The molecule has 3 aromatic carbocycles. The van der Waals surface area contributed by atoms with Crippen LogP contribution in [0.4, 0.5) is 0 Å². The number of aliphatic carboxylic acids is 1. The van der Waals surface area contributed by atoms with Gasteiger partial charge < -0.3 is 10.2 Å². The summed E-state index contributed by atoms with van der Waals surface area (Å²) in [6.45, 7) is -0.510. The van der Waals surface area contributed by atoms with Gasteiger partial charge in [-0.25, -0.2) is 0 Å². The van der Waals surface area contributed by atoms with E-state index in [9.17, 15) is 15.0 Å². The fourth-order valence-corrected chi connectivity index (χ4v) is 3.26. The molecule has 0 aliphatic carbocycles. The van der Waals surface area contributed by atoms with Gasteiger partial charge >= 0.3 is 5.97 Å². The second-order valence-electron chi connectivity index (χ2n) is 6.07. The van der Waals surface area contributed by atoms with E-state index in [2.05, 4.69) is 5.32 Å². The van der Waals surface area contributed by atoms with Gasteiger partial charge in [0.15, 0.2) is 0 Å². The number of carboxylic acids is 1. The maximum absolute atomic E-state index is 11.7. The minimum absolute atomic E-state index is 0.510. The molecule has 3 aromatic rings. The Bertz CT molecular complexity index is 738. The Morgan fingerprint density at radius 3 is 1.38 bits per heavy atom. The molecular weight excluding hydrogens is 326 g/mol. The fourth-order valence-electron chi connectivity index (χ4n) is 3.26. The van der Waals surface area contributed by atoms with E-state index >= 15 is 0 Å². The summed E-state index contributed by atoms with van der Waals surface area (Å²) in [6, 6.07) is 28.0. The molecule has 0 heterocycles. The molecule has 26 heavy (non-hydrogen) atoms. The van der Waals surface area contributed by atoms with Crippen LogP contribution in [0.2, 0.25) is 0 Å². The predicted octanol–water partition coefficient (Wildman–Crippen LogP) is 3.01. The first-order chi connectivity index (χ1) is 12.7. The lowest BCUT2D eigenvalue weighted by molar-refractivity contribution is -0.141. The molecule has 0 spiro atoms. The minimum atomic E-state index is -1.12. The van der Waals surface area contributed by atoms with Gasteiger partial charge in [0, 0.05) is 0 Å². The van der Waals surface area contributed by atoms with Gasteiger partial charge in [-0.2, -0.15) is 0 Å². The topological polar surface area (TPSA) is 69.6 Å². The molecule has 0 amide bonds. The second-order valence-corrected chi connectivity index (χ2v) is 6.07. The second kappa shape index (κ2) is 7.95. The maximum Gasteiger partial charge on any atom is 0.323 e. The molecule has 0 aromatic heterocycles. The summed E-state index contributed by atoms with van der Waals surface area (Å²) < 4.78 is 0. The molecular formula is C22H21NO3. The molecule has 0 radical (unpaired) electrons. The fraction of sp³-hybridized carbons (Fsp3) is 0.136. The highest BCUT2D eigenvalue weighted by atomic mass is 16.4. The quantitative estimate of drug-likeness (QED) is 0.575. The third-order valence-electron chi connectivity index (χ3n) is 4.49. The van der Waals surface area contributed by atoms with Gasteiger partial charge in [0.25, 0.3) is 0 Å². The molecule has 3 N–H and O–H groups in total. The molecule has 3 rings (SSSR count). The SMILES string of the molecule is O=C(O)[C@H](CO)NC(c1ccccc1)(c1ccccc1)c1ccccc1. The first-order valence-corrected chi connectivity index (χ1v) is 8.46. The largest absolute Gasteiger partial charge is 0.480 e. The highest BCUT2D eigenvalue weighted by Crippen LogP contribution is 2.37. The van der Waals surface area contributed by atoms with Crippen LogP contribution in [0.1, 0.15) is 16.7 Å². The van der Waals surface area contributed by atoms with Crippen molar-refractivity contribution >= 4 is 5.97 Å². The number of rotatable bonds is 7. The Kier molecular flexibility index (Phi) is 5.46. The number of aliphatic hydroxyl groups excluding tert-OH is 1. The average molecular weight is 347 g/mol. The van der Waals surface area contributed by atoms with Gasteiger partial charge in [-0.05, 0) is 16.7 Å². The van der Waals surface area contributed by atoms with E-state index in [1.165, 1.54) is 0 Å². The predicted molar refractivity (Wildman–Crippen MR) is 101 cm³/mol. The number of carboxylic acid groups (broad SMARTS) is 1. The normalized spacial score (nSPS) is 12.5. The lowest BCUT2D eigenvalue weighted by atomic mass is 9.76. The monoisotopic (exact) mass is 347 g/mol. The lowest BCUT2D eigenvalue weighted by Crippen LogP contribution is -2.54. The van der Waals surface area contributed by atoms with Crippen LogP contribution in [-0.2, 0) is 10.3 Å². The zero-order valence-corrected chi connectivity index (χ0v) is 14.2. The first kappa shape index (κ1) is 17.9. The molecule has 4 heteroatoms. The Balaban J connectivity index is 2.29. The summed E-state index contributed by atoms with van der Waals surface area (Å²) in [5, 5.41) is 22.4. The molecule has 0 unspecified atom stereocenters. The van der Waals surface area contributed by atoms with E-state index in [0.29, 0.717) is 0 Å². The van der Waals surface area contributed by atoms with Crippen molar-refractivity contribution in [2.75, 3.05) is 6.61 Å². The van der Waals surface area contributed by atoms with Crippen molar-refractivity contribution in [1.29, 1.82) is 0 Å².